The van der Waals surface area contributed by atoms with Gasteiger partial charge in [-0.3, -0.25) is 30.3 Å². The highest BCUT2D eigenvalue weighted by Crippen LogP contribution is 2.29. The van der Waals surface area contributed by atoms with E-state index in [9.17, 15) is 30.3 Å². The molecule has 0 heterocycles. The van der Waals surface area contributed by atoms with Gasteiger partial charge in [0.15, 0.2) is 5.70 Å². The summed E-state index contributed by atoms with van der Waals surface area (Å²) in [5.74, 6) is 0. The number of hydrogen-bond acceptors (Lipinski definition) is 7. The Morgan fingerprint density at radius 1 is 1.24 bits per heavy atom. The molecule has 1 rings (SSSR count). The van der Waals surface area contributed by atoms with Crippen LogP contribution in [-0.4, -0.2) is 27.9 Å². The summed E-state index contributed by atoms with van der Waals surface area (Å²) in [6, 6.07) is -1.73. The van der Waals surface area contributed by atoms with Crippen molar-refractivity contribution in [1.82, 2.24) is 0 Å². The van der Waals surface area contributed by atoms with Crippen LogP contribution in [0.5, 0.6) is 0 Å². The molecule has 0 bridgehead atoms. The van der Waals surface area contributed by atoms with Crippen molar-refractivity contribution in [3.63, 3.8) is 0 Å². The fraction of sp³-hybridized carbons (Fsp3) is 0.286. The monoisotopic (exact) mass is 244 g/mol. The van der Waals surface area contributed by atoms with Crippen LogP contribution in [0.1, 0.15) is 0 Å². The van der Waals surface area contributed by atoms with Crippen molar-refractivity contribution in [2.75, 3.05) is 7.11 Å². The summed E-state index contributed by atoms with van der Waals surface area (Å²) in [4.78, 5) is 28.9. The average molecular weight is 244 g/mol. The second-order valence-corrected chi connectivity index (χ2v) is 2.93. The van der Waals surface area contributed by atoms with E-state index in [1.807, 2.05) is 0 Å². The summed E-state index contributed by atoms with van der Waals surface area (Å²) in [7, 11) is 1.02. The first kappa shape index (κ1) is 12.6. The maximum atomic E-state index is 10.6. The van der Waals surface area contributed by atoms with E-state index in [1.165, 1.54) is 0 Å². The molecule has 92 valence electrons. The Balaban J connectivity index is 3.27. The molecule has 0 radical (unpaired) electrons. The molecule has 1 atom stereocenters. The highest BCUT2D eigenvalue weighted by Gasteiger charge is 2.36. The fourth-order valence-electron chi connectivity index (χ4n) is 1.29. The first-order valence-electron chi connectivity index (χ1n) is 4.15. The summed E-state index contributed by atoms with van der Waals surface area (Å²) in [6.07, 6.45) is 0.774. The minimum atomic E-state index is -1.73. The van der Waals surface area contributed by atoms with E-state index in [4.69, 9.17) is 0 Å². The third kappa shape index (κ3) is 2.36. The maximum Gasteiger partial charge on any atom is 0.227 e. The van der Waals surface area contributed by atoms with E-state index >= 15 is 0 Å². The van der Waals surface area contributed by atoms with Gasteiger partial charge in [0.05, 0.1) is 6.10 Å². The molecule has 0 aromatic rings. The zero-order valence-electron chi connectivity index (χ0n) is 8.43. The van der Waals surface area contributed by atoms with Crippen LogP contribution in [0.4, 0.5) is 0 Å². The summed E-state index contributed by atoms with van der Waals surface area (Å²) in [5.41, 5.74) is -1.50. The van der Waals surface area contributed by atoms with E-state index in [0.29, 0.717) is 12.2 Å². The molecule has 0 amide bonds. The summed E-state index contributed by atoms with van der Waals surface area (Å²) in [5, 5.41) is 31.8. The van der Waals surface area contributed by atoms with E-state index in [-0.39, 0.29) is 0 Å². The fourth-order valence-corrected chi connectivity index (χ4v) is 1.29. The highest BCUT2D eigenvalue weighted by molar-refractivity contribution is 5.33. The molecule has 0 saturated carbocycles. The molecule has 0 saturated heterocycles. The molecule has 0 N–H and O–H groups in total. The zero-order chi connectivity index (χ0) is 13.2. The number of hydrogen-bond donors (Lipinski definition) is 0. The first-order valence-corrected chi connectivity index (χ1v) is 4.15. The van der Waals surface area contributed by atoms with Crippen LogP contribution in [0, 0.1) is 36.4 Å². The van der Waals surface area contributed by atoms with Crippen molar-refractivity contribution < 1.29 is 19.5 Å². The van der Waals surface area contributed by atoms with Crippen LogP contribution in [-0.2, 0) is 4.74 Å². The number of rotatable bonds is 4. The largest absolute Gasteiger partial charge is 0.429 e. The summed E-state index contributed by atoms with van der Waals surface area (Å²) in [6.45, 7) is 0. The number of ether oxygens (including phenoxy) is 1. The van der Waals surface area contributed by atoms with Gasteiger partial charge in [-0.2, -0.15) is 0 Å². The molecule has 0 aromatic heterocycles. The van der Waals surface area contributed by atoms with Crippen molar-refractivity contribution >= 4 is 0 Å². The number of nitro groups is 3. The number of nitrogens with zero attached hydrogens (tertiary/aromatic N) is 3. The Bertz CT molecular complexity index is 441. The smallest absolute Gasteiger partial charge is 0.227 e. The Hall–Kier alpha value is -2.49. The van der Waals surface area contributed by atoms with E-state index in [1.54, 1.807) is 0 Å². The van der Waals surface area contributed by atoms with E-state index in [0.717, 1.165) is 7.11 Å². The highest BCUT2D eigenvalue weighted by atomic mass is 16.6. The number of methoxy groups -OCH3 is 1. The zero-order valence-corrected chi connectivity index (χ0v) is 8.43. The molecule has 10 heteroatoms. The van der Waals surface area contributed by atoms with Crippen LogP contribution in [0.15, 0.2) is 23.5 Å². The molecule has 17 heavy (non-hydrogen) atoms. The van der Waals surface area contributed by atoms with Gasteiger partial charge in [-0.25, -0.2) is 0 Å². The molecule has 0 fully saturated rings. The van der Waals surface area contributed by atoms with Gasteiger partial charge >= 0.3 is 0 Å². The normalized spacial score (nSPS) is 19.4. The third-order valence-electron chi connectivity index (χ3n) is 1.99. The lowest BCUT2D eigenvalue weighted by atomic mass is 10.0. The predicted molar refractivity (Wildman–Crippen MR) is 51.2 cm³/mol. The van der Waals surface area contributed by atoms with Crippen LogP contribution >= 0.6 is 0 Å². The van der Waals surface area contributed by atoms with Crippen LogP contribution in [0.25, 0.3) is 0 Å². The first-order chi connectivity index (χ1) is 7.88. The number of allylic oxidation sites excluding steroid dienone is 1. The Morgan fingerprint density at radius 3 is 2.18 bits per heavy atom. The van der Waals surface area contributed by atoms with Crippen molar-refractivity contribution in [2.24, 2.45) is 0 Å². The second kappa shape index (κ2) is 4.57. The Kier molecular flexibility index (Phi) is 3.38. The summed E-state index contributed by atoms with van der Waals surface area (Å²) >= 11 is 0. The van der Waals surface area contributed by atoms with Gasteiger partial charge in [-0.05, 0) is 0 Å². The molecule has 10 nitrogen and oxygen atoms in total. The van der Waals surface area contributed by atoms with Crippen molar-refractivity contribution in [1.29, 1.82) is 0 Å². The van der Waals surface area contributed by atoms with Crippen molar-refractivity contribution in [3.05, 3.63) is 60.0 Å². The lowest BCUT2D eigenvalue weighted by Gasteiger charge is -2.25. The molecule has 0 aromatic carbocycles. The van der Waals surface area contributed by atoms with Crippen LogP contribution in [0.3, 0.4) is 0 Å². The lowest BCUT2D eigenvalue weighted by molar-refractivity contribution is -0.522. The van der Waals surface area contributed by atoms with Crippen molar-refractivity contribution in [2.45, 2.75) is 6.04 Å². The minimum Gasteiger partial charge on any atom is -0.429 e. The quantitative estimate of drug-likeness (QED) is 0.389. The van der Waals surface area contributed by atoms with Gasteiger partial charge in [0, 0.05) is 28.0 Å². The molecule has 1 aliphatic rings. The second-order valence-electron chi connectivity index (χ2n) is 2.93. The van der Waals surface area contributed by atoms with Crippen LogP contribution < -0.4 is 0 Å². The van der Waals surface area contributed by atoms with E-state index in [2.05, 4.69) is 4.74 Å². The summed E-state index contributed by atoms with van der Waals surface area (Å²) < 4.78 is 4.56. The van der Waals surface area contributed by atoms with Gasteiger partial charge in [-0.1, -0.05) is 6.08 Å². The molecule has 0 aliphatic heterocycles. The maximum absolute atomic E-state index is 10.6. The average Bonchev–Trinajstić information content (AvgIpc) is 2.26. The molecular weight excluding hydrogens is 238 g/mol. The van der Waals surface area contributed by atoms with Gasteiger partial charge in [-0.15, -0.1) is 0 Å². The molecule has 0 spiro atoms. The van der Waals surface area contributed by atoms with Gasteiger partial charge < -0.3 is 4.74 Å². The Morgan fingerprint density at radius 2 is 1.82 bits per heavy atom. The molecular formula is C7H6N3O7-. The van der Waals surface area contributed by atoms with Gasteiger partial charge in [0.1, 0.15) is 0 Å². The topological polar surface area (TPSA) is 139 Å². The van der Waals surface area contributed by atoms with Crippen molar-refractivity contribution in [3.8, 4) is 0 Å². The lowest BCUT2D eigenvalue weighted by Crippen LogP contribution is -2.33. The SMILES string of the molecule is CO[C-]1C([N+](=O)[O-])=CC([N+](=O)[O-])=CC1[N+](=O)[O-]. The van der Waals surface area contributed by atoms with Gasteiger partial charge in [0.25, 0.3) is 0 Å². The van der Waals surface area contributed by atoms with Crippen LogP contribution in [0.2, 0.25) is 0 Å². The minimum absolute atomic E-state index is 0.536. The molecule has 1 unspecified atom stereocenters. The predicted octanol–water partition coefficient (Wildman–Crippen LogP) is 0.145. The Labute approximate surface area is 93.6 Å². The van der Waals surface area contributed by atoms with Gasteiger partial charge in [0.2, 0.25) is 11.7 Å². The molecule has 1 aliphatic carbocycles. The van der Waals surface area contributed by atoms with E-state index < -0.39 is 38.3 Å². The third-order valence-corrected chi connectivity index (χ3v) is 1.99. The standard InChI is InChI=1S/C7H6N3O7/c1-17-7-5(9(13)14)2-4(8(11)12)3-6(7)10(15)16/h2-3,5H,1H3/q-1.